The van der Waals surface area contributed by atoms with Gasteiger partial charge in [-0.15, -0.1) is 0 Å². The number of hydrogen-bond donors (Lipinski definition) is 5. The van der Waals surface area contributed by atoms with Crippen LogP contribution in [0, 0.1) is 0 Å². The van der Waals surface area contributed by atoms with Crippen LogP contribution in [0.2, 0.25) is 0 Å². The molecule has 1 fully saturated rings. The van der Waals surface area contributed by atoms with Crippen LogP contribution >= 0.6 is 0 Å². The molecule has 3 atom stereocenters. The number of aliphatic imine (C=N–C) groups is 1. The number of alkyl carbamates (subject to hydrolysis) is 1. The third-order valence-corrected chi connectivity index (χ3v) is 6.29. The van der Waals surface area contributed by atoms with Crippen LogP contribution in [0.5, 0.6) is 0 Å². The molecule has 3 amide bonds. The Morgan fingerprint density at radius 2 is 1.93 bits per heavy atom. The summed E-state index contributed by atoms with van der Waals surface area (Å²) in [5.74, 6) is -2.08. The van der Waals surface area contributed by atoms with E-state index < -0.39 is 42.1 Å². The van der Waals surface area contributed by atoms with E-state index >= 15 is 0 Å². The van der Waals surface area contributed by atoms with E-state index in [1.165, 1.54) is 0 Å². The molecule has 1 aromatic carbocycles. The maximum absolute atomic E-state index is 13.2. The lowest BCUT2D eigenvalue weighted by atomic mass is 10.1. The van der Waals surface area contributed by atoms with E-state index in [0.29, 0.717) is 32.4 Å². The van der Waals surface area contributed by atoms with E-state index in [1.807, 2.05) is 30.3 Å². The first-order chi connectivity index (χ1) is 18.8. The number of benzene rings is 1. The van der Waals surface area contributed by atoms with Crippen molar-refractivity contribution in [3.63, 3.8) is 0 Å². The molecule has 13 heteroatoms. The average molecular weight is 562 g/mol. The third kappa shape index (κ3) is 12.3. The van der Waals surface area contributed by atoms with Crippen molar-refractivity contribution in [2.45, 2.75) is 76.6 Å². The van der Waals surface area contributed by atoms with Crippen molar-refractivity contribution >= 4 is 29.8 Å². The molecule has 0 spiro atoms. The van der Waals surface area contributed by atoms with Gasteiger partial charge >= 0.3 is 6.09 Å². The number of rotatable bonds is 13. The summed E-state index contributed by atoms with van der Waals surface area (Å²) in [5, 5.41) is 18.5. The Kier molecular flexibility index (Phi) is 12.7. The summed E-state index contributed by atoms with van der Waals surface area (Å²) in [6.45, 7) is 6.48. The van der Waals surface area contributed by atoms with Gasteiger partial charge in [-0.05, 0) is 45.6 Å². The second-order valence-electron chi connectivity index (χ2n) is 10.9. The fourth-order valence-corrected chi connectivity index (χ4v) is 4.39. The van der Waals surface area contributed by atoms with Gasteiger partial charge in [0, 0.05) is 38.4 Å². The molecule has 0 radical (unpaired) electrons. The van der Waals surface area contributed by atoms with Gasteiger partial charge in [0.15, 0.2) is 12.0 Å². The van der Waals surface area contributed by atoms with Crippen LogP contribution in [0.25, 0.3) is 0 Å². The molecule has 222 valence electrons. The maximum atomic E-state index is 13.2. The summed E-state index contributed by atoms with van der Waals surface area (Å²) < 4.78 is 5.30. The Hall–Kier alpha value is -3.87. The van der Waals surface area contributed by atoms with Crippen molar-refractivity contribution < 1.29 is 34.3 Å². The van der Waals surface area contributed by atoms with Crippen molar-refractivity contribution in [1.29, 1.82) is 0 Å². The molecule has 1 aliphatic heterocycles. The van der Waals surface area contributed by atoms with Crippen LogP contribution in [0.15, 0.2) is 35.3 Å². The van der Waals surface area contributed by atoms with Gasteiger partial charge in [0.05, 0.1) is 6.54 Å². The number of quaternary nitrogens is 1. The topological polar surface area (TPSA) is 209 Å². The second kappa shape index (κ2) is 15.7. The van der Waals surface area contributed by atoms with E-state index in [9.17, 15) is 24.3 Å². The van der Waals surface area contributed by atoms with Crippen LogP contribution in [-0.4, -0.2) is 84.6 Å². The van der Waals surface area contributed by atoms with Gasteiger partial charge in [-0.2, -0.15) is 0 Å². The van der Waals surface area contributed by atoms with Crippen LogP contribution in [0.3, 0.4) is 0 Å². The minimum Gasteiger partial charge on any atom is -0.550 e. The minimum atomic E-state index is -1.32. The Labute approximate surface area is 235 Å². The van der Waals surface area contributed by atoms with E-state index in [0.717, 1.165) is 5.56 Å². The van der Waals surface area contributed by atoms with Gasteiger partial charge in [0.1, 0.15) is 17.7 Å². The molecule has 2 rings (SSSR count). The molecule has 1 aliphatic rings. The molecule has 0 bridgehead atoms. The lowest BCUT2D eigenvalue weighted by molar-refractivity contribution is -0.706. The zero-order valence-electron chi connectivity index (χ0n) is 23.6. The van der Waals surface area contributed by atoms with Crippen molar-refractivity contribution in [3.8, 4) is 0 Å². The highest BCUT2D eigenvalue weighted by Crippen LogP contribution is 2.10. The Balaban J connectivity index is 2.03. The number of ether oxygens (including phenoxy) is 1. The van der Waals surface area contributed by atoms with E-state index in [2.05, 4.69) is 15.6 Å². The highest BCUT2D eigenvalue weighted by Gasteiger charge is 2.35. The molecule has 0 aliphatic carbocycles. The van der Waals surface area contributed by atoms with Crippen molar-refractivity contribution in [2.75, 3.05) is 26.2 Å². The maximum Gasteiger partial charge on any atom is 0.408 e. The van der Waals surface area contributed by atoms with Crippen LogP contribution in [0.1, 0.15) is 52.0 Å². The number of carbonyl (C=O) groups is 4. The number of guanidine groups is 1. The predicted octanol–water partition coefficient (Wildman–Crippen LogP) is -2.03. The van der Waals surface area contributed by atoms with Gasteiger partial charge in [0.25, 0.3) is 5.91 Å². The number of hydrogen-bond acceptors (Lipinski definition) is 7. The molecule has 0 saturated carbocycles. The summed E-state index contributed by atoms with van der Waals surface area (Å²) >= 11 is 0. The monoisotopic (exact) mass is 561 g/mol. The number of carboxylic acid groups (broad SMARTS) is 1. The van der Waals surface area contributed by atoms with Gasteiger partial charge in [-0.3, -0.25) is 14.6 Å². The Morgan fingerprint density at radius 3 is 2.55 bits per heavy atom. The highest BCUT2D eigenvalue weighted by molar-refractivity contribution is 5.86. The molecule has 1 aromatic rings. The summed E-state index contributed by atoms with van der Waals surface area (Å²) in [6.07, 6.45) is 0.709. The van der Waals surface area contributed by atoms with Crippen LogP contribution in [-0.2, 0) is 25.5 Å². The third-order valence-electron chi connectivity index (χ3n) is 6.29. The standard InChI is InChI=1S/C27H43N7O6/c1-27(2,3)40-26(39)33-20(10-7-13-30-25(28)29)23(37)31-17-19-12-15-34(14-11-18-8-5-4-6-9-18)24(38)21(32-19)16-22(35)36/h4-6,8-9,19-21,32H,7,10-17H2,1-3H3,(H,31,37)(H,33,39)(H,35,36)(H4,28,29,30)/t19-,20+,21-/m0/s1. The Morgan fingerprint density at radius 1 is 1.23 bits per heavy atom. The quantitative estimate of drug-likeness (QED) is 0.103. The average Bonchev–Trinajstić information content (AvgIpc) is 3.00. The minimum absolute atomic E-state index is 0.0662. The molecule has 8 N–H and O–H groups in total. The van der Waals surface area contributed by atoms with Gasteiger partial charge in [-0.1, -0.05) is 30.3 Å². The van der Waals surface area contributed by atoms with E-state index in [1.54, 1.807) is 31.0 Å². The zero-order chi connectivity index (χ0) is 29.7. The van der Waals surface area contributed by atoms with Crippen LogP contribution in [0.4, 0.5) is 4.79 Å². The zero-order valence-corrected chi connectivity index (χ0v) is 23.6. The Bertz CT molecular complexity index is 1020. The fourth-order valence-electron chi connectivity index (χ4n) is 4.39. The normalized spacial score (nSPS) is 18.3. The van der Waals surface area contributed by atoms with Gasteiger partial charge in [0.2, 0.25) is 5.91 Å². The van der Waals surface area contributed by atoms with Crippen LogP contribution < -0.4 is 32.5 Å². The summed E-state index contributed by atoms with van der Waals surface area (Å²) in [4.78, 5) is 55.6. The first-order valence-corrected chi connectivity index (χ1v) is 13.5. The number of aliphatic carboxylic acids is 1. The number of nitrogens with two attached hydrogens (primary N) is 3. The SMILES string of the molecule is CC(C)(C)OC(=O)N[C@H](CCCN=C(N)N)C(=O)NC[C@@H]1CCN(CCc2ccccc2)C(=O)[C@H](CC(=O)[O-])[NH2+]1. The molecular weight excluding hydrogens is 518 g/mol. The van der Waals surface area contributed by atoms with Gasteiger partial charge in [-0.25, -0.2) is 4.79 Å². The summed E-state index contributed by atoms with van der Waals surface area (Å²) in [6, 6.07) is 7.70. The van der Waals surface area contributed by atoms with Crippen molar-refractivity contribution in [2.24, 2.45) is 16.5 Å². The number of amides is 3. The molecule has 13 nitrogen and oxygen atoms in total. The largest absolute Gasteiger partial charge is 0.550 e. The molecule has 1 saturated heterocycles. The molecule has 40 heavy (non-hydrogen) atoms. The molecule has 1 heterocycles. The predicted molar refractivity (Wildman–Crippen MR) is 147 cm³/mol. The lowest BCUT2D eigenvalue weighted by Gasteiger charge is -2.24. The highest BCUT2D eigenvalue weighted by atomic mass is 16.6. The van der Waals surface area contributed by atoms with E-state index in [4.69, 9.17) is 16.2 Å². The number of nitrogens with zero attached hydrogens (tertiary/aromatic N) is 2. The summed E-state index contributed by atoms with van der Waals surface area (Å²) in [5.41, 5.74) is 11.0. The lowest BCUT2D eigenvalue weighted by Crippen LogP contribution is -2.98. The first-order valence-electron chi connectivity index (χ1n) is 13.5. The molecule has 0 aromatic heterocycles. The number of carbonyl (C=O) groups excluding carboxylic acids is 4. The summed E-state index contributed by atoms with van der Waals surface area (Å²) in [7, 11) is 0. The molecular formula is C27H43N7O6. The number of nitrogens with one attached hydrogen (secondary N) is 2. The van der Waals surface area contributed by atoms with Crippen molar-refractivity contribution in [3.05, 3.63) is 35.9 Å². The first kappa shape index (κ1) is 32.3. The fraction of sp³-hybridized carbons (Fsp3) is 0.593. The van der Waals surface area contributed by atoms with Gasteiger partial charge < -0.3 is 47.0 Å². The van der Waals surface area contributed by atoms with Crippen molar-refractivity contribution in [1.82, 2.24) is 15.5 Å². The van der Waals surface area contributed by atoms with E-state index in [-0.39, 0.29) is 37.4 Å². The smallest absolute Gasteiger partial charge is 0.408 e. The number of carboxylic acids is 1. The molecule has 0 unspecified atom stereocenters. The second-order valence-corrected chi connectivity index (χ2v) is 10.9.